The van der Waals surface area contributed by atoms with Crippen LogP contribution in [0.2, 0.25) is 72.5 Å². The molecule has 0 saturated carbocycles. The van der Waals surface area contributed by atoms with Crippen molar-refractivity contribution in [3.8, 4) is 0 Å². The second-order valence-corrected chi connectivity index (χ2v) is 63.0. The maximum absolute atomic E-state index is 12.6. The summed E-state index contributed by atoms with van der Waals surface area (Å²) in [4.78, 5) is 74.5. The zero-order valence-electron chi connectivity index (χ0n) is 88.1. The molecule has 22 nitrogen and oxygen atoms in total. The van der Waals surface area contributed by atoms with Gasteiger partial charge >= 0.3 is 23.9 Å². The van der Waals surface area contributed by atoms with Crippen molar-refractivity contribution in [1.82, 2.24) is 29.4 Å². The number of halogens is 1. The first kappa shape index (κ1) is 119. The topological polar surface area (TPSA) is 239 Å². The summed E-state index contributed by atoms with van der Waals surface area (Å²) < 4.78 is 47.2. The number of carbonyl (C=O) groups excluding carboxylic acids is 5. The molecule has 766 valence electrons. The molecule has 6 fully saturated rings. The average molecular weight is 1990 g/mol. The number of Topliss-reactive ketones (excluding diaryl/α,β-unsaturated/α-hetero) is 1. The highest BCUT2D eigenvalue weighted by Crippen LogP contribution is 2.44. The van der Waals surface area contributed by atoms with E-state index < -0.39 is 51.2 Å². The van der Waals surface area contributed by atoms with Gasteiger partial charge in [0.2, 0.25) is 0 Å². The Morgan fingerprint density at radius 1 is 0.314 bits per heavy atom. The number of piperidine rings is 6. The first-order valence-electron chi connectivity index (χ1n) is 50.5. The fourth-order valence-corrected chi connectivity index (χ4v) is 22.7. The molecule has 0 bridgehead atoms. The molecule has 6 aliphatic rings. The highest BCUT2D eigenvalue weighted by molar-refractivity contribution is 6.75. The molecule has 12 rings (SSSR count). The first-order valence-corrected chi connectivity index (χ1v) is 62.2. The van der Waals surface area contributed by atoms with Crippen LogP contribution >= 0.6 is 12.4 Å². The average Bonchev–Trinajstić information content (AvgIpc) is 0.872. The van der Waals surface area contributed by atoms with E-state index in [0.717, 1.165) is 111 Å². The molecule has 3 N–H and O–H groups in total. The van der Waals surface area contributed by atoms with E-state index in [1.807, 2.05) is 62.4 Å². The largest absolute Gasteiger partial charge is 0.466 e. The molecule has 6 aromatic carbocycles. The van der Waals surface area contributed by atoms with Gasteiger partial charge < -0.3 is 52.0 Å². The summed E-state index contributed by atoms with van der Waals surface area (Å²) in [6, 6.07) is 62.2. The number of rotatable bonds is 30. The second kappa shape index (κ2) is 57.1. The Labute approximate surface area is 836 Å². The number of aliphatic hydroxyl groups is 3. The van der Waals surface area contributed by atoms with Crippen LogP contribution in [0.4, 0.5) is 0 Å². The number of ketones is 1. The van der Waals surface area contributed by atoms with E-state index in [-0.39, 0.29) is 124 Å². The summed E-state index contributed by atoms with van der Waals surface area (Å²) in [5.74, 6) is -1.90. The number of nitrogens with zero attached hydrogens (tertiary/aromatic N) is 6. The molecular weight excluding hydrogens is 1810 g/mol. The van der Waals surface area contributed by atoms with E-state index in [0.29, 0.717) is 72.0 Å². The van der Waals surface area contributed by atoms with E-state index in [1.165, 1.54) is 33.4 Å². The number of ether oxygens (including phenoxy) is 4. The quantitative estimate of drug-likeness (QED) is 0.0164. The standard InChI is InChI=1S/2C21H35NO3Si.2C19H33NO2Si.C15H21NO3.C15H19NO3.ClH/c2*1-7-24-20(23)18-16-22(15-17-11-9-8-10-12-17)14-13-19(18)25-26(5,6)21(2,3)4;2*1-19(2,3)23(4,5)22-18-11-12-20(14-17(18)15-21)13-16-9-7-6-8-10-16;2*1-2-19-15(18)13-11-16(9-8-14(13)17)10-12-6-4-3-5-7-12;/h2*8-12,18-19H,7,13-16H2,1-6H3;2*6-10,17-18,21H,11-15H2,1-5H3;3-7,13-14,17H,2,8-11H2,1H3;3-7,13H,2,8-11H2,1H3;1H/t2*18-,19-;2*17-,18+;;;/m1010.../s1. The Kier molecular flexibility index (Phi) is 49.7. The van der Waals surface area contributed by atoms with Crippen molar-refractivity contribution in [3.63, 3.8) is 0 Å². The van der Waals surface area contributed by atoms with Gasteiger partial charge in [-0.25, -0.2) is 0 Å². The van der Waals surface area contributed by atoms with Crippen LogP contribution in [0.15, 0.2) is 182 Å². The Hall–Kier alpha value is -6.49. The van der Waals surface area contributed by atoms with Crippen molar-refractivity contribution in [2.45, 2.75) is 292 Å². The molecule has 0 aromatic heterocycles. The van der Waals surface area contributed by atoms with Gasteiger partial charge in [-0.2, -0.15) is 0 Å². The molecule has 0 radical (unpaired) electrons. The van der Waals surface area contributed by atoms with Crippen molar-refractivity contribution in [2.75, 3.05) is 118 Å². The lowest BCUT2D eigenvalue weighted by Gasteiger charge is -2.45. The number of esters is 4. The third-order valence-electron chi connectivity index (χ3n) is 29.2. The monoisotopic (exact) mass is 1990 g/mol. The molecule has 6 heterocycles. The third-order valence-corrected chi connectivity index (χ3v) is 47.3. The fourth-order valence-electron chi connectivity index (χ4n) is 17.0. The number of likely N-dealkylation sites (tertiary alicyclic amines) is 6. The molecule has 6 saturated heterocycles. The van der Waals surface area contributed by atoms with E-state index in [2.05, 4.69) is 298 Å². The summed E-state index contributed by atoms with van der Waals surface area (Å²) in [6.07, 6.45) is 4.59. The van der Waals surface area contributed by atoms with Crippen LogP contribution in [0, 0.1) is 35.5 Å². The van der Waals surface area contributed by atoms with Gasteiger partial charge in [0, 0.05) is 149 Å². The number of benzene rings is 6. The summed E-state index contributed by atoms with van der Waals surface area (Å²) in [5.41, 5.74) is 7.65. The van der Waals surface area contributed by atoms with Gasteiger partial charge in [0.15, 0.2) is 33.3 Å². The minimum atomic E-state index is -1.93. The van der Waals surface area contributed by atoms with Crippen LogP contribution in [-0.2, 0) is 99.9 Å². The SMILES string of the molecule is CC(C)(C)[Si](C)(C)O[C@@H]1CCN(Cc2ccccc2)C[C@H]1CO.CC(C)(C)[Si](C)(C)O[C@H]1CCN(Cc2ccccc2)C[C@@H]1CO.CCOC(=O)C1CN(Cc2ccccc2)CCC1=O.CCOC(=O)C1CN(Cc2ccccc2)CCC1O.CCOC(=O)[C@@H]1CN(Cc2ccccc2)CC[C@H]1O[Si](C)(C)C(C)(C)C.CCOC(=O)[C@H]1CN(Cc2ccccc2)CC[C@@H]1O[Si](C)(C)C(C)(C)C.Cl. The van der Waals surface area contributed by atoms with Crippen molar-refractivity contribution >= 4 is 75.3 Å². The third kappa shape index (κ3) is 39.3. The molecular formula is C110H177ClN6O16Si4. The molecule has 0 aliphatic carbocycles. The van der Waals surface area contributed by atoms with Crippen LogP contribution in [0.3, 0.4) is 0 Å². The van der Waals surface area contributed by atoms with Crippen LogP contribution < -0.4 is 0 Å². The van der Waals surface area contributed by atoms with Gasteiger partial charge in [0.1, 0.15) is 11.7 Å². The highest BCUT2D eigenvalue weighted by Gasteiger charge is 2.49. The van der Waals surface area contributed by atoms with Crippen molar-refractivity contribution < 1.29 is 75.9 Å². The maximum Gasteiger partial charge on any atom is 0.317 e. The van der Waals surface area contributed by atoms with Crippen molar-refractivity contribution in [3.05, 3.63) is 215 Å². The lowest BCUT2D eigenvalue weighted by atomic mass is 9.94. The molecule has 6 aliphatic heterocycles. The van der Waals surface area contributed by atoms with Crippen molar-refractivity contribution in [1.29, 1.82) is 0 Å². The zero-order chi connectivity index (χ0) is 100. The highest BCUT2D eigenvalue weighted by atomic mass is 35.5. The van der Waals surface area contributed by atoms with Crippen LogP contribution in [0.5, 0.6) is 0 Å². The minimum Gasteiger partial charge on any atom is -0.466 e. The summed E-state index contributed by atoms with van der Waals surface area (Å²) in [7, 11) is -7.40. The van der Waals surface area contributed by atoms with Crippen LogP contribution in [0.1, 0.15) is 183 Å². The number of carbonyl (C=O) groups is 5. The van der Waals surface area contributed by atoms with Gasteiger partial charge in [-0.15, -0.1) is 12.4 Å². The van der Waals surface area contributed by atoms with E-state index in [9.17, 15) is 39.3 Å². The molecule has 6 aromatic rings. The van der Waals surface area contributed by atoms with Crippen LogP contribution in [0.25, 0.3) is 0 Å². The lowest BCUT2D eigenvalue weighted by molar-refractivity contribution is -0.156. The minimum absolute atomic E-state index is 0. The molecule has 27 heteroatoms. The molecule has 3 unspecified atom stereocenters. The fraction of sp³-hybridized carbons (Fsp3) is 0.627. The summed E-state index contributed by atoms with van der Waals surface area (Å²) in [6.45, 7) is 69.6. The van der Waals surface area contributed by atoms with E-state index >= 15 is 0 Å². The zero-order valence-corrected chi connectivity index (χ0v) is 92.9. The Bertz CT molecular complexity index is 4240. The molecule has 137 heavy (non-hydrogen) atoms. The Balaban J connectivity index is 0.000000253. The Morgan fingerprint density at radius 2 is 0.533 bits per heavy atom. The van der Waals surface area contributed by atoms with Crippen LogP contribution in [-0.4, -0.2) is 256 Å². The number of aliphatic hydroxyl groups excluding tert-OH is 3. The van der Waals surface area contributed by atoms with Gasteiger partial charge in [-0.1, -0.05) is 265 Å². The summed E-state index contributed by atoms with van der Waals surface area (Å²) >= 11 is 0. The number of hydrogen-bond acceptors (Lipinski definition) is 22. The summed E-state index contributed by atoms with van der Waals surface area (Å²) in [5, 5.41) is 30.3. The normalized spacial score (nSPS) is 22.6. The van der Waals surface area contributed by atoms with E-state index in [4.69, 9.17) is 36.7 Å². The maximum atomic E-state index is 12.6. The lowest BCUT2D eigenvalue weighted by Crippen LogP contribution is -2.53. The van der Waals surface area contributed by atoms with E-state index in [1.54, 1.807) is 13.8 Å². The first-order chi connectivity index (χ1) is 64.1. The predicted molar refractivity (Wildman–Crippen MR) is 566 cm³/mol. The number of hydrogen-bond donors (Lipinski definition) is 3. The van der Waals surface area contributed by atoms with Gasteiger partial charge in [-0.05, 0) is 166 Å². The predicted octanol–water partition coefficient (Wildman–Crippen LogP) is 20.2. The molecule has 11 atom stereocenters. The molecule has 0 amide bonds. The van der Waals surface area contributed by atoms with Gasteiger partial charge in [0.05, 0.1) is 74.7 Å². The Morgan fingerprint density at radius 3 is 0.788 bits per heavy atom. The smallest absolute Gasteiger partial charge is 0.317 e. The van der Waals surface area contributed by atoms with Crippen molar-refractivity contribution in [2.24, 2.45) is 35.5 Å². The van der Waals surface area contributed by atoms with Gasteiger partial charge in [-0.3, -0.25) is 53.4 Å². The van der Waals surface area contributed by atoms with Gasteiger partial charge in [0.25, 0.3) is 0 Å². The molecule has 0 spiro atoms. The second-order valence-electron chi connectivity index (χ2n) is 44.0.